The molecule has 0 bridgehead atoms. The molecule has 6 nitrogen and oxygen atoms in total. The van der Waals surface area contributed by atoms with E-state index >= 15 is 0 Å². The van der Waals surface area contributed by atoms with Gasteiger partial charge in [-0.05, 0) is 42.3 Å². The van der Waals surface area contributed by atoms with Crippen molar-refractivity contribution in [2.45, 2.75) is 24.7 Å². The van der Waals surface area contributed by atoms with Gasteiger partial charge in [0, 0.05) is 18.1 Å². The van der Waals surface area contributed by atoms with Gasteiger partial charge in [0.05, 0.1) is 10.6 Å². The molecule has 26 heavy (non-hydrogen) atoms. The number of hydrogen-bond donors (Lipinski definition) is 3. The molecule has 0 aliphatic carbocycles. The number of sulfonamides is 1. The summed E-state index contributed by atoms with van der Waals surface area (Å²) in [6, 6.07) is 12.9. The molecular weight excluding hydrogens is 374 g/mol. The van der Waals surface area contributed by atoms with Crippen LogP contribution in [-0.2, 0) is 16.4 Å². The first-order valence-corrected chi connectivity index (χ1v) is 10.3. The second kappa shape index (κ2) is 9.45. The molecule has 0 spiro atoms. The highest BCUT2D eigenvalue weighted by atomic mass is 35.5. The molecule has 140 valence electrons. The third-order valence-corrected chi connectivity index (χ3v) is 5.15. The lowest BCUT2D eigenvalue weighted by molar-refractivity contribution is 0.252. The average molecular weight is 396 g/mol. The standard InChI is InChI=1S/C18H22ClN3O3S/c1-2-5-14-6-3-4-7-17(14)22-26(24,25)16-10-8-15(9-11-16)21-18(23)20-13-12-19/h3-4,6-11,22H,2,5,12-13H2,1H3,(H2,20,21,23). The van der Waals surface area contributed by atoms with Crippen LogP contribution in [0.4, 0.5) is 16.2 Å². The number of aryl methyl sites for hydroxylation is 1. The Bertz CT molecular complexity index is 839. The molecule has 0 radical (unpaired) electrons. The summed E-state index contributed by atoms with van der Waals surface area (Å²) >= 11 is 5.50. The number of rotatable bonds is 8. The number of amides is 2. The van der Waals surface area contributed by atoms with Crippen LogP contribution in [-0.4, -0.2) is 26.9 Å². The van der Waals surface area contributed by atoms with Crippen LogP contribution < -0.4 is 15.4 Å². The van der Waals surface area contributed by atoms with Crippen molar-refractivity contribution in [2.24, 2.45) is 0 Å². The maximum Gasteiger partial charge on any atom is 0.319 e. The number of urea groups is 1. The normalized spacial score (nSPS) is 11.0. The summed E-state index contributed by atoms with van der Waals surface area (Å²) in [5.74, 6) is 0.315. The molecule has 2 amide bonds. The van der Waals surface area contributed by atoms with Gasteiger partial charge in [0.15, 0.2) is 0 Å². The molecule has 0 aliphatic heterocycles. The molecule has 0 saturated heterocycles. The van der Waals surface area contributed by atoms with Gasteiger partial charge in [-0.15, -0.1) is 11.6 Å². The van der Waals surface area contributed by atoms with E-state index in [-0.39, 0.29) is 4.90 Å². The van der Waals surface area contributed by atoms with Gasteiger partial charge < -0.3 is 10.6 Å². The smallest absolute Gasteiger partial charge is 0.319 e. The SMILES string of the molecule is CCCc1ccccc1NS(=O)(=O)c1ccc(NC(=O)NCCCl)cc1. The number of carbonyl (C=O) groups excluding carboxylic acids is 1. The zero-order chi connectivity index (χ0) is 19.0. The van der Waals surface area contributed by atoms with Gasteiger partial charge in [-0.2, -0.15) is 0 Å². The summed E-state index contributed by atoms with van der Waals surface area (Å²) in [5, 5.41) is 5.17. The van der Waals surface area contributed by atoms with E-state index in [1.54, 1.807) is 12.1 Å². The lowest BCUT2D eigenvalue weighted by Gasteiger charge is -2.13. The first-order valence-electron chi connectivity index (χ1n) is 8.28. The molecule has 0 saturated carbocycles. The van der Waals surface area contributed by atoms with E-state index in [1.807, 2.05) is 19.1 Å². The molecule has 8 heteroatoms. The average Bonchev–Trinajstić information content (AvgIpc) is 2.62. The number of alkyl halides is 1. The Hall–Kier alpha value is -2.25. The van der Waals surface area contributed by atoms with Gasteiger partial charge in [0.1, 0.15) is 0 Å². The Balaban J connectivity index is 2.11. The minimum Gasteiger partial charge on any atom is -0.337 e. The van der Waals surface area contributed by atoms with Gasteiger partial charge in [0.2, 0.25) is 0 Å². The van der Waals surface area contributed by atoms with E-state index in [0.717, 1.165) is 18.4 Å². The molecule has 2 aromatic rings. The summed E-state index contributed by atoms with van der Waals surface area (Å²) in [6.07, 6.45) is 1.71. The molecular formula is C18H22ClN3O3S. The Morgan fingerprint density at radius 2 is 1.77 bits per heavy atom. The monoisotopic (exact) mass is 395 g/mol. The van der Waals surface area contributed by atoms with Crippen molar-refractivity contribution in [3.8, 4) is 0 Å². The summed E-state index contributed by atoms with van der Waals surface area (Å²) < 4.78 is 27.8. The Kier molecular flexibility index (Phi) is 7.29. The number of para-hydroxylation sites is 1. The first-order chi connectivity index (χ1) is 12.5. The van der Waals surface area contributed by atoms with Crippen molar-refractivity contribution in [3.05, 3.63) is 54.1 Å². The molecule has 0 heterocycles. The Morgan fingerprint density at radius 3 is 2.42 bits per heavy atom. The van der Waals surface area contributed by atoms with Crippen molar-refractivity contribution in [3.63, 3.8) is 0 Å². The summed E-state index contributed by atoms with van der Waals surface area (Å²) in [6.45, 7) is 2.39. The highest BCUT2D eigenvalue weighted by Gasteiger charge is 2.16. The van der Waals surface area contributed by atoms with E-state index < -0.39 is 16.1 Å². The lowest BCUT2D eigenvalue weighted by Crippen LogP contribution is -2.30. The number of anilines is 2. The number of carbonyl (C=O) groups is 1. The molecule has 2 rings (SSSR count). The van der Waals surface area contributed by atoms with Crippen LogP contribution in [0, 0.1) is 0 Å². The van der Waals surface area contributed by atoms with Crippen LogP contribution in [0.1, 0.15) is 18.9 Å². The second-order valence-electron chi connectivity index (χ2n) is 5.61. The maximum absolute atomic E-state index is 12.6. The zero-order valence-corrected chi connectivity index (χ0v) is 16.0. The highest BCUT2D eigenvalue weighted by molar-refractivity contribution is 7.92. The Labute approximate surface area is 159 Å². The van der Waals surface area contributed by atoms with Crippen LogP contribution in [0.25, 0.3) is 0 Å². The van der Waals surface area contributed by atoms with E-state index in [0.29, 0.717) is 23.8 Å². The van der Waals surface area contributed by atoms with Crippen LogP contribution in [0.2, 0.25) is 0 Å². The minimum atomic E-state index is -3.71. The quantitative estimate of drug-likeness (QED) is 0.594. The van der Waals surface area contributed by atoms with Gasteiger partial charge in [0.25, 0.3) is 10.0 Å². The number of hydrogen-bond acceptors (Lipinski definition) is 3. The van der Waals surface area contributed by atoms with E-state index in [1.165, 1.54) is 24.3 Å². The molecule has 0 unspecified atom stereocenters. The van der Waals surface area contributed by atoms with Crippen LogP contribution >= 0.6 is 11.6 Å². The zero-order valence-electron chi connectivity index (χ0n) is 14.5. The lowest BCUT2D eigenvalue weighted by atomic mass is 10.1. The van der Waals surface area contributed by atoms with Gasteiger partial charge in [-0.3, -0.25) is 4.72 Å². The second-order valence-corrected chi connectivity index (χ2v) is 7.67. The fraction of sp³-hybridized carbons (Fsp3) is 0.278. The van der Waals surface area contributed by atoms with Crippen LogP contribution in [0.5, 0.6) is 0 Å². The van der Waals surface area contributed by atoms with E-state index in [9.17, 15) is 13.2 Å². The number of halogens is 1. The van der Waals surface area contributed by atoms with Gasteiger partial charge >= 0.3 is 6.03 Å². The molecule has 2 aromatic carbocycles. The highest BCUT2D eigenvalue weighted by Crippen LogP contribution is 2.22. The number of benzene rings is 2. The van der Waals surface area contributed by atoms with E-state index in [4.69, 9.17) is 11.6 Å². The van der Waals surface area contributed by atoms with Gasteiger partial charge in [-0.25, -0.2) is 13.2 Å². The molecule has 0 aliphatic rings. The fourth-order valence-electron chi connectivity index (χ4n) is 2.36. The number of nitrogens with one attached hydrogen (secondary N) is 3. The summed E-state index contributed by atoms with van der Waals surface area (Å²) in [7, 11) is -3.71. The summed E-state index contributed by atoms with van der Waals surface area (Å²) in [4.78, 5) is 11.7. The predicted molar refractivity (Wildman–Crippen MR) is 105 cm³/mol. The third kappa shape index (κ3) is 5.64. The van der Waals surface area contributed by atoms with Crippen molar-refractivity contribution in [1.29, 1.82) is 0 Å². The van der Waals surface area contributed by atoms with Crippen molar-refractivity contribution < 1.29 is 13.2 Å². The van der Waals surface area contributed by atoms with Crippen molar-refractivity contribution in [1.82, 2.24) is 5.32 Å². The third-order valence-electron chi connectivity index (χ3n) is 3.58. The largest absolute Gasteiger partial charge is 0.337 e. The van der Waals surface area contributed by atoms with Crippen molar-refractivity contribution in [2.75, 3.05) is 22.5 Å². The van der Waals surface area contributed by atoms with Crippen molar-refractivity contribution >= 4 is 39.0 Å². The first kappa shape index (κ1) is 20.1. The van der Waals surface area contributed by atoms with Gasteiger partial charge in [-0.1, -0.05) is 31.5 Å². The summed E-state index contributed by atoms with van der Waals surface area (Å²) in [5.41, 5.74) is 2.02. The maximum atomic E-state index is 12.6. The predicted octanol–water partition coefficient (Wildman–Crippen LogP) is 3.80. The fourth-order valence-corrected chi connectivity index (χ4v) is 3.56. The van der Waals surface area contributed by atoms with Crippen LogP contribution in [0.3, 0.4) is 0 Å². The topological polar surface area (TPSA) is 87.3 Å². The Morgan fingerprint density at radius 1 is 1.08 bits per heavy atom. The van der Waals surface area contributed by atoms with Crippen LogP contribution in [0.15, 0.2) is 53.4 Å². The molecule has 0 atom stereocenters. The molecule has 3 N–H and O–H groups in total. The molecule has 0 fully saturated rings. The molecule has 0 aromatic heterocycles. The van der Waals surface area contributed by atoms with E-state index in [2.05, 4.69) is 15.4 Å². The minimum absolute atomic E-state index is 0.121.